The highest BCUT2D eigenvalue weighted by atomic mass is 16.3. The molecule has 0 bridgehead atoms. The Hall–Kier alpha value is -9.13. The Morgan fingerprint density at radius 2 is 1.00 bits per heavy atom. The van der Waals surface area contributed by atoms with Crippen LogP contribution in [0.5, 0.6) is 0 Å². The number of fused-ring (bicyclic) bond motifs is 11. The Morgan fingerprint density at radius 3 is 1.87 bits per heavy atom. The lowest BCUT2D eigenvalue weighted by atomic mass is 9.95. The van der Waals surface area contributed by atoms with E-state index in [9.17, 15) is 0 Å². The molecular formula is C64H40N4O2. The minimum Gasteiger partial charge on any atom is -0.456 e. The molecule has 0 saturated heterocycles. The molecule has 0 N–H and O–H groups in total. The number of hydrogen-bond donors (Lipinski definition) is 0. The molecule has 13 aromatic rings. The maximum Gasteiger partial charge on any atom is 0.164 e. The first-order valence-corrected chi connectivity index (χ1v) is 24.0. The second-order valence-electron chi connectivity index (χ2n) is 18.7. The van der Waals surface area contributed by atoms with Crippen LogP contribution in [-0.2, 0) is 0 Å². The first kappa shape index (κ1) is 38.9. The summed E-state index contributed by atoms with van der Waals surface area (Å²) in [5.41, 5.74) is 16.7. The van der Waals surface area contributed by atoms with E-state index in [1.54, 1.807) is 0 Å². The van der Waals surface area contributed by atoms with Crippen LogP contribution in [0.4, 0.5) is 0 Å². The van der Waals surface area contributed by atoms with Gasteiger partial charge in [-0.2, -0.15) is 0 Å². The van der Waals surface area contributed by atoms with Crippen LogP contribution in [0.25, 0.3) is 134 Å². The van der Waals surface area contributed by atoms with E-state index in [0.717, 1.165) is 88.9 Å². The predicted octanol–water partition coefficient (Wildman–Crippen LogP) is 16.7. The number of allylic oxidation sites excluding steroid dienone is 1. The average Bonchev–Trinajstić information content (AvgIpc) is 3.82. The van der Waals surface area contributed by atoms with Crippen molar-refractivity contribution in [2.45, 2.75) is 12.3 Å². The first-order chi connectivity index (χ1) is 34.6. The molecule has 2 aliphatic carbocycles. The zero-order valence-electron chi connectivity index (χ0n) is 37.8. The fraction of sp³-hybridized carbons (Fsp3) is 0.0469. The average molecular weight is 897 g/mol. The molecule has 0 amide bonds. The third-order valence-corrected chi connectivity index (χ3v) is 14.5. The van der Waals surface area contributed by atoms with Gasteiger partial charge in [-0.1, -0.05) is 158 Å². The number of para-hydroxylation sites is 2. The monoisotopic (exact) mass is 896 g/mol. The summed E-state index contributed by atoms with van der Waals surface area (Å²) in [6.07, 6.45) is 5.71. The van der Waals surface area contributed by atoms with Gasteiger partial charge in [-0.15, -0.1) is 0 Å². The van der Waals surface area contributed by atoms with Gasteiger partial charge < -0.3 is 13.4 Å². The van der Waals surface area contributed by atoms with E-state index in [1.807, 2.05) is 54.6 Å². The summed E-state index contributed by atoms with van der Waals surface area (Å²) >= 11 is 0. The van der Waals surface area contributed by atoms with Crippen molar-refractivity contribution in [2.24, 2.45) is 5.92 Å². The van der Waals surface area contributed by atoms with Gasteiger partial charge in [0.1, 0.15) is 22.5 Å². The van der Waals surface area contributed by atoms with Crippen LogP contribution in [0.1, 0.15) is 23.7 Å². The molecule has 328 valence electrons. The molecule has 2 aliphatic rings. The first-order valence-electron chi connectivity index (χ1n) is 24.0. The summed E-state index contributed by atoms with van der Waals surface area (Å²) in [4.78, 5) is 15.5. The molecule has 1 fully saturated rings. The summed E-state index contributed by atoms with van der Waals surface area (Å²) in [6, 6.07) is 72.9. The number of benzene rings is 9. The van der Waals surface area contributed by atoms with E-state index in [4.69, 9.17) is 23.8 Å². The lowest BCUT2D eigenvalue weighted by Crippen LogP contribution is -2.01. The van der Waals surface area contributed by atoms with Gasteiger partial charge in [-0.25, -0.2) is 15.0 Å². The van der Waals surface area contributed by atoms with Crippen molar-refractivity contribution in [1.29, 1.82) is 0 Å². The molecule has 4 heterocycles. The standard InChI is InChI=1S/C64H40N4O2/c1-3-12-38(13-4-1)41-26-30-55-54(34-41)51-22-11-21-48(43-17-9-16-40(32-43)42-24-29-52-59(36-42)70-57-31-27-44-35-53(44)60(52)57)61(51)68(55)47-19-10-18-45(33-47)63-65-62(39-14-5-2-6-15-39)66-64(67-63)46-25-28-50-49-20-7-8-23-56(49)69-58(50)37-46/h1-34,36-37,44,53H,35H2. The molecule has 9 aromatic carbocycles. The van der Waals surface area contributed by atoms with Crippen LogP contribution >= 0.6 is 0 Å². The Bertz CT molecular complexity index is 4290. The molecule has 6 nitrogen and oxygen atoms in total. The van der Waals surface area contributed by atoms with E-state index >= 15 is 0 Å². The van der Waals surface area contributed by atoms with Gasteiger partial charge in [-0.05, 0) is 107 Å². The summed E-state index contributed by atoms with van der Waals surface area (Å²) in [6.45, 7) is 0. The van der Waals surface area contributed by atoms with E-state index in [2.05, 4.69) is 168 Å². The van der Waals surface area contributed by atoms with Crippen molar-refractivity contribution in [3.05, 3.63) is 224 Å². The van der Waals surface area contributed by atoms with Crippen LogP contribution in [0.2, 0.25) is 0 Å². The number of aromatic nitrogens is 4. The summed E-state index contributed by atoms with van der Waals surface area (Å²) in [7, 11) is 0. The molecule has 4 aromatic heterocycles. The van der Waals surface area contributed by atoms with E-state index in [1.165, 1.54) is 39.3 Å². The number of rotatable bonds is 7. The van der Waals surface area contributed by atoms with Crippen LogP contribution in [-0.4, -0.2) is 19.5 Å². The van der Waals surface area contributed by atoms with E-state index in [0.29, 0.717) is 29.3 Å². The van der Waals surface area contributed by atoms with Crippen LogP contribution < -0.4 is 0 Å². The van der Waals surface area contributed by atoms with Gasteiger partial charge in [0, 0.05) is 60.4 Å². The van der Waals surface area contributed by atoms with Gasteiger partial charge in [0.15, 0.2) is 17.5 Å². The third-order valence-electron chi connectivity index (χ3n) is 14.5. The molecule has 1 saturated carbocycles. The molecule has 70 heavy (non-hydrogen) atoms. The van der Waals surface area contributed by atoms with Crippen molar-refractivity contribution >= 4 is 60.8 Å². The van der Waals surface area contributed by atoms with Crippen LogP contribution in [0, 0.1) is 5.92 Å². The zero-order valence-corrected chi connectivity index (χ0v) is 37.8. The van der Waals surface area contributed by atoms with Gasteiger partial charge in [-0.3, -0.25) is 0 Å². The maximum absolute atomic E-state index is 6.48. The SMILES string of the molecule is C1=CC2CC2c2c1oc1cc(-c3cccc(-c4cccc5c6cc(-c7ccccc7)ccc6n(-c6cccc(-c7nc(-c8ccccc8)nc(-c8ccc9c(c8)oc8ccccc89)n7)c6)c45)c3)ccc21. The lowest BCUT2D eigenvalue weighted by Gasteiger charge is -2.14. The molecule has 15 rings (SSSR count). The molecule has 2 unspecified atom stereocenters. The maximum atomic E-state index is 6.48. The second-order valence-corrected chi connectivity index (χ2v) is 18.7. The fourth-order valence-corrected chi connectivity index (χ4v) is 11.0. The molecule has 2 atom stereocenters. The Morgan fingerprint density at radius 1 is 0.400 bits per heavy atom. The highest BCUT2D eigenvalue weighted by Gasteiger charge is 2.42. The highest BCUT2D eigenvalue weighted by molar-refractivity contribution is 6.15. The fourth-order valence-electron chi connectivity index (χ4n) is 11.0. The van der Waals surface area contributed by atoms with Crippen LogP contribution in [0.3, 0.4) is 0 Å². The van der Waals surface area contributed by atoms with Crippen molar-refractivity contribution in [1.82, 2.24) is 19.5 Å². The number of furan rings is 2. The van der Waals surface area contributed by atoms with Gasteiger partial charge in [0.05, 0.1) is 11.0 Å². The normalized spacial score (nSPS) is 15.0. The third kappa shape index (κ3) is 6.23. The largest absolute Gasteiger partial charge is 0.456 e. The molecule has 0 spiro atoms. The van der Waals surface area contributed by atoms with Crippen molar-refractivity contribution < 1.29 is 8.83 Å². The molecule has 0 radical (unpaired) electrons. The minimum atomic E-state index is 0.572. The summed E-state index contributed by atoms with van der Waals surface area (Å²) < 4.78 is 15.2. The topological polar surface area (TPSA) is 69.9 Å². The predicted molar refractivity (Wildman–Crippen MR) is 284 cm³/mol. The summed E-state index contributed by atoms with van der Waals surface area (Å²) in [5, 5.41) is 5.73. The van der Waals surface area contributed by atoms with Crippen molar-refractivity contribution in [3.8, 4) is 73.2 Å². The van der Waals surface area contributed by atoms with Gasteiger partial charge in [0.25, 0.3) is 0 Å². The van der Waals surface area contributed by atoms with Crippen molar-refractivity contribution in [2.75, 3.05) is 0 Å². The Kier molecular flexibility index (Phi) is 8.45. The van der Waals surface area contributed by atoms with Crippen LogP contribution in [0.15, 0.2) is 221 Å². The molecular weight excluding hydrogens is 857 g/mol. The molecule has 6 heteroatoms. The van der Waals surface area contributed by atoms with Gasteiger partial charge >= 0.3 is 0 Å². The quantitative estimate of drug-likeness (QED) is 0.159. The van der Waals surface area contributed by atoms with E-state index in [-0.39, 0.29) is 0 Å². The van der Waals surface area contributed by atoms with Crippen molar-refractivity contribution in [3.63, 3.8) is 0 Å². The molecule has 0 aliphatic heterocycles. The zero-order chi connectivity index (χ0) is 45.9. The lowest BCUT2D eigenvalue weighted by molar-refractivity contribution is 0.596. The van der Waals surface area contributed by atoms with Gasteiger partial charge in [0.2, 0.25) is 0 Å². The minimum absolute atomic E-state index is 0.572. The number of nitrogens with zero attached hydrogens (tertiary/aromatic N) is 4. The Labute approximate surface area is 402 Å². The Balaban J connectivity index is 0.901. The smallest absolute Gasteiger partial charge is 0.164 e. The summed E-state index contributed by atoms with van der Waals surface area (Å²) in [5.74, 6) is 4.03. The second kappa shape index (κ2) is 15.2. The number of hydrogen-bond acceptors (Lipinski definition) is 5. The highest BCUT2D eigenvalue weighted by Crippen LogP contribution is 2.55. The van der Waals surface area contributed by atoms with E-state index < -0.39 is 0 Å².